The van der Waals surface area contributed by atoms with Gasteiger partial charge in [-0.2, -0.15) is 0 Å². The van der Waals surface area contributed by atoms with Gasteiger partial charge in [0.2, 0.25) is 0 Å². The normalized spacial score (nSPS) is 10.5. The SMILES string of the molecule is NCCc1cc(F)ccc1Oc1ccc(F)c(Br)c1. The van der Waals surface area contributed by atoms with Gasteiger partial charge in [0.05, 0.1) is 4.47 Å². The molecule has 2 N–H and O–H groups in total. The maximum atomic E-state index is 13.2. The van der Waals surface area contributed by atoms with Crippen LogP contribution in [0.5, 0.6) is 11.5 Å². The Kier molecular flexibility index (Phi) is 4.50. The van der Waals surface area contributed by atoms with Crippen LogP contribution >= 0.6 is 15.9 Å². The number of nitrogens with two attached hydrogens (primary N) is 1. The molecule has 0 aliphatic rings. The average molecular weight is 328 g/mol. The Morgan fingerprint density at radius 3 is 2.58 bits per heavy atom. The van der Waals surface area contributed by atoms with Gasteiger partial charge in [0.25, 0.3) is 0 Å². The number of ether oxygens (including phenoxy) is 1. The quantitative estimate of drug-likeness (QED) is 0.920. The fourth-order valence-electron chi connectivity index (χ4n) is 1.67. The first-order valence-corrected chi connectivity index (χ1v) is 6.51. The lowest BCUT2D eigenvalue weighted by molar-refractivity contribution is 0.471. The molecular weight excluding hydrogens is 316 g/mol. The van der Waals surface area contributed by atoms with Crippen molar-refractivity contribution in [1.29, 1.82) is 0 Å². The van der Waals surface area contributed by atoms with Crippen molar-refractivity contribution >= 4 is 15.9 Å². The number of hydrogen-bond acceptors (Lipinski definition) is 2. The van der Waals surface area contributed by atoms with Gasteiger partial charge < -0.3 is 10.5 Å². The Morgan fingerprint density at radius 2 is 1.89 bits per heavy atom. The second kappa shape index (κ2) is 6.12. The van der Waals surface area contributed by atoms with Crippen molar-refractivity contribution in [1.82, 2.24) is 0 Å². The van der Waals surface area contributed by atoms with Crippen LogP contribution in [-0.2, 0) is 6.42 Å². The molecule has 0 spiro atoms. The Bertz CT molecular complexity index is 590. The number of halogens is 3. The Balaban J connectivity index is 2.29. The van der Waals surface area contributed by atoms with Crippen molar-refractivity contribution in [3.8, 4) is 11.5 Å². The van der Waals surface area contributed by atoms with Gasteiger partial charge in [-0.1, -0.05) is 0 Å². The van der Waals surface area contributed by atoms with Gasteiger partial charge in [-0.25, -0.2) is 8.78 Å². The summed E-state index contributed by atoms with van der Waals surface area (Å²) in [7, 11) is 0. The van der Waals surface area contributed by atoms with Gasteiger partial charge in [-0.05, 0) is 70.9 Å². The molecule has 0 heterocycles. The Hall–Kier alpha value is -1.46. The lowest BCUT2D eigenvalue weighted by Gasteiger charge is -2.11. The van der Waals surface area contributed by atoms with E-state index in [0.717, 1.165) is 0 Å². The molecular formula is C14H12BrF2NO. The van der Waals surface area contributed by atoms with Crippen LogP contribution in [0.1, 0.15) is 5.56 Å². The van der Waals surface area contributed by atoms with Crippen LogP contribution in [0.2, 0.25) is 0 Å². The fraction of sp³-hybridized carbons (Fsp3) is 0.143. The third-order valence-electron chi connectivity index (χ3n) is 2.56. The first-order valence-electron chi connectivity index (χ1n) is 5.71. The van der Waals surface area contributed by atoms with Crippen molar-refractivity contribution in [3.05, 3.63) is 58.1 Å². The minimum Gasteiger partial charge on any atom is -0.457 e. The molecule has 0 amide bonds. The van der Waals surface area contributed by atoms with E-state index in [0.29, 0.717) is 34.5 Å². The molecule has 100 valence electrons. The lowest BCUT2D eigenvalue weighted by atomic mass is 10.1. The third kappa shape index (κ3) is 3.52. The Morgan fingerprint density at radius 1 is 1.11 bits per heavy atom. The minimum atomic E-state index is -0.367. The summed E-state index contributed by atoms with van der Waals surface area (Å²) in [5.74, 6) is 0.285. The van der Waals surface area contributed by atoms with Gasteiger partial charge in [0.1, 0.15) is 23.1 Å². The molecule has 0 unspecified atom stereocenters. The largest absolute Gasteiger partial charge is 0.457 e. The van der Waals surface area contributed by atoms with Gasteiger partial charge >= 0.3 is 0 Å². The summed E-state index contributed by atoms with van der Waals surface area (Å²) in [6, 6.07) is 8.57. The highest BCUT2D eigenvalue weighted by molar-refractivity contribution is 9.10. The molecule has 2 aromatic carbocycles. The smallest absolute Gasteiger partial charge is 0.137 e. The molecule has 0 aliphatic carbocycles. The van der Waals surface area contributed by atoms with Gasteiger partial charge in [-0.3, -0.25) is 0 Å². The highest BCUT2D eigenvalue weighted by atomic mass is 79.9. The second-order valence-electron chi connectivity index (χ2n) is 3.97. The maximum Gasteiger partial charge on any atom is 0.137 e. The summed E-state index contributed by atoms with van der Waals surface area (Å²) in [6.45, 7) is 0.396. The van der Waals surface area contributed by atoms with Crippen molar-refractivity contribution in [2.75, 3.05) is 6.54 Å². The van der Waals surface area contributed by atoms with Crippen LogP contribution in [0.3, 0.4) is 0 Å². The zero-order chi connectivity index (χ0) is 13.8. The summed E-state index contributed by atoms with van der Waals surface area (Å²) in [4.78, 5) is 0. The van der Waals surface area contributed by atoms with Crippen LogP contribution in [0.25, 0.3) is 0 Å². The van der Waals surface area contributed by atoms with E-state index < -0.39 is 0 Å². The van der Waals surface area contributed by atoms with Gasteiger partial charge in [0.15, 0.2) is 0 Å². The van der Waals surface area contributed by atoms with E-state index >= 15 is 0 Å². The summed E-state index contributed by atoms with van der Waals surface area (Å²) in [6.07, 6.45) is 0.509. The zero-order valence-corrected chi connectivity index (χ0v) is 11.6. The number of rotatable bonds is 4. The highest BCUT2D eigenvalue weighted by Gasteiger charge is 2.08. The molecule has 2 aromatic rings. The van der Waals surface area contributed by atoms with Crippen LogP contribution in [-0.4, -0.2) is 6.54 Å². The molecule has 19 heavy (non-hydrogen) atoms. The molecule has 0 saturated heterocycles. The molecule has 0 fully saturated rings. The van der Waals surface area contributed by atoms with Gasteiger partial charge in [0, 0.05) is 0 Å². The summed E-state index contributed by atoms with van der Waals surface area (Å²) in [5.41, 5.74) is 6.17. The summed E-state index contributed by atoms with van der Waals surface area (Å²) >= 11 is 3.09. The summed E-state index contributed by atoms with van der Waals surface area (Å²) in [5, 5.41) is 0. The molecule has 2 nitrogen and oxygen atoms in total. The predicted molar refractivity (Wildman–Crippen MR) is 73.3 cm³/mol. The average Bonchev–Trinajstić information content (AvgIpc) is 2.37. The molecule has 5 heteroatoms. The molecule has 2 rings (SSSR count). The topological polar surface area (TPSA) is 35.2 Å². The monoisotopic (exact) mass is 327 g/mol. The van der Waals surface area contributed by atoms with E-state index in [1.54, 1.807) is 0 Å². The molecule has 0 saturated carbocycles. The predicted octanol–water partition coefficient (Wildman–Crippen LogP) is 4.02. The van der Waals surface area contributed by atoms with E-state index in [4.69, 9.17) is 10.5 Å². The minimum absolute atomic E-state index is 0.312. The van der Waals surface area contributed by atoms with Crippen LogP contribution in [0, 0.1) is 11.6 Å². The second-order valence-corrected chi connectivity index (χ2v) is 4.82. The van der Waals surface area contributed by atoms with Crippen molar-refractivity contribution < 1.29 is 13.5 Å². The molecule has 0 radical (unpaired) electrons. The summed E-state index contributed by atoms with van der Waals surface area (Å²) < 4.78 is 32.2. The van der Waals surface area contributed by atoms with Crippen LogP contribution in [0.4, 0.5) is 8.78 Å². The lowest BCUT2D eigenvalue weighted by Crippen LogP contribution is -2.04. The van der Waals surface area contributed by atoms with Gasteiger partial charge in [-0.15, -0.1) is 0 Å². The van der Waals surface area contributed by atoms with Crippen molar-refractivity contribution in [3.63, 3.8) is 0 Å². The fourth-order valence-corrected chi connectivity index (χ4v) is 2.02. The van der Waals surface area contributed by atoms with E-state index in [9.17, 15) is 8.78 Å². The first-order chi connectivity index (χ1) is 9.10. The molecule has 0 aromatic heterocycles. The zero-order valence-electron chi connectivity index (χ0n) is 10.00. The molecule has 0 bridgehead atoms. The maximum absolute atomic E-state index is 13.2. The third-order valence-corrected chi connectivity index (χ3v) is 3.16. The van der Waals surface area contributed by atoms with E-state index in [2.05, 4.69) is 15.9 Å². The highest BCUT2D eigenvalue weighted by Crippen LogP contribution is 2.29. The van der Waals surface area contributed by atoms with Crippen molar-refractivity contribution in [2.45, 2.75) is 6.42 Å². The molecule has 0 aliphatic heterocycles. The number of hydrogen-bond donors (Lipinski definition) is 1. The van der Waals surface area contributed by atoms with E-state index in [-0.39, 0.29) is 11.6 Å². The van der Waals surface area contributed by atoms with E-state index in [1.807, 2.05) is 0 Å². The van der Waals surface area contributed by atoms with Crippen LogP contribution in [0.15, 0.2) is 40.9 Å². The first kappa shape index (κ1) is 14.0. The van der Waals surface area contributed by atoms with Crippen molar-refractivity contribution in [2.24, 2.45) is 5.73 Å². The number of benzene rings is 2. The Labute approximate surface area is 118 Å². The van der Waals surface area contributed by atoms with Crippen LogP contribution < -0.4 is 10.5 Å². The molecule has 0 atom stereocenters. The standard InChI is InChI=1S/C14H12BrF2NO/c15-12-8-11(2-3-13(12)17)19-14-4-1-10(16)7-9(14)5-6-18/h1-4,7-8H,5-6,18H2. The van der Waals surface area contributed by atoms with E-state index in [1.165, 1.54) is 36.4 Å².